The van der Waals surface area contributed by atoms with Gasteiger partial charge < -0.3 is 35.8 Å². The van der Waals surface area contributed by atoms with E-state index in [1.54, 1.807) is 12.4 Å². The standard InChI is InChI=1S/C41H47N5O6S/c1-25-18-30(43-22-28-14-16-42-17-15-28)19-26(2)37(25)52-23-34(48)44-32(20-27-10-6-5-7-11-27)36(49)40(51)46-24-53-41(3,4)38(46)39(50)45-35-31-13-9-8-12-29(31)21-33(35)47/h5-19,32-33,35-36,38,43,47,49H,20-24H2,1-4H3,(H,44,48)(H,45,50)/t32-,33+,35-,36-,38+/m0/s1. The molecule has 2 heterocycles. The molecule has 0 saturated carbocycles. The van der Waals surface area contributed by atoms with Crippen molar-refractivity contribution in [3.63, 3.8) is 0 Å². The summed E-state index contributed by atoms with van der Waals surface area (Å²) in [5.74, 6) is -0.838. The Morgan fingerprint density at radius 2 is 1.66 bits per heavy atom. The van der Waals surface area contributed by atoms with Crippen molar-refractivity contribution in [2.45, 2.75) is 82.2 Å². The van der Waals surface area contributed by atoms with Crippen LogP contribution in [0.2, 0.25) is 0 Å². The number of hydrogen-bond acceptors (Lipinski definition) is 9. The number of rotatable bonds is 13. The minimum atomic E-state index is -1.66. The van der Waals surface area contributed by atoms with Gasteiger partial charge in [-0.05, 0) is 91.8 Å². The van der Waals surface area contributed by atoms with Crippen LogP contribution in [0.15, 0.2) is 91.3 Å². The van der Waals surface area contributed by atoms with Crippen LogP contribution in [0.5, 0.6) is 5.75 Å². The molecule has 12 heteroatoms. The molecule has 11 nitrogen and oxygen atoms in total. The van der Waals surface area contributed by atoms with E-state index in [-0.39, 0.29) is 18.9 Å². The van der Waals surface area contributed by atoms with Crippen LogP contribution >= 0.6 is 11.8 Å². The molecule has 1 fully saturated rings. The molecule has 1 aliphatic heterocycles. The van der Waals surface area contributed by atoms with Crippen molar-refractivity contribution in [1.82, 2.24) is 20.5 Å². The van der Waals surface area contributed by atoms with E-state index in [0.717, 1.165) is 39.1 Å². The van der Waals surface area contributed by atoms with Gasteiger partial charge in [-0.25, -0.2) is 0 Å². The summed E-state index contributed by atoms with van der Waals surface area (Å²) >= 11 is 1.43. The lowest BCUT2D eigenvalue weighted by Crippen LogP contribution is -2.59. The molecule has 0 radical (unpaired) electrons. The monoisotopic (exact) mass is 737 g/mol. The van der Waals surface area contributed by atoms with Crippen molar-refractivity contribution in [2.24, 2.45) is 0 Å². The Balaban J connectivity index is 1.14. The SMILES string of the molecule is Cc1cc(NCc2ccncc2)cc(C)c1OCC(=O)N[C@@H](Cc1ccccc1)[C@H](O)C(=O)N1CSC(C)(C)[C@H]1C(=O)N[C@H]1c2ccccc2C[C@H]1O. The van der Waals surface area contributed by atoms with Crippen molar-refractivity contribution in [2.75, 3.05) is 17.8 Å². The van der Waals surface area contributed by atoms with Crippen molar-refractivity contribution < 1.29 is 29.3 Å². The molecule has 5 atom stereocenters. The molecular weight excluding hydrogens is 691 g/mol. The Labute approximate surface area is 314 Å². The Bertz CT molecular complexity index is 1900. The first-order chi connectivity index (χ1) is 25.4. The minimum Gasteiger partial charge on any atom is -0.483 e. The van der Waals surface area contributed by atoms with Gasteiger partial charge in [0.15, 0.2) is 12.7 Å². The first-order valence-corrected chi connectivity index (χ1v) is 18.8. The molecule has 1 aliphatic carbocycles. The summed E-state index contributed by atoms with van der Waals surface area (Å²) in [5, 5.41) is 31.7. The number of benzene rings is 3. The lowest BCUT2D eigenvalue weighted by molar-refractivity contribution is -0.148. The van der Waals surface area contributed by atoms with Crippen LogP contribution in [0.1, 0.15) is 53.3 Å². The molecule has 0 bridgehead atoms. The number of carbonyl (C=O) groups is 3. The van der Waals surface area contributed by atoms with E-state index in [1.165, 1.54) is 16.7 Å². The largest absolute Gasteiger partial charge is 0.483 e. The van der Waals surface area contributed by atoms with Gasteiger partial charge in [0.2, 0.25) is 5.91 Å². The number of aliphatic hydroxyl groups is 2. The number of anilines is 1. The number of nitrogens with one attached hydrogen (secondary N) is 3. The highest BCUT2D eigenvalue weighted by Crippen LogP contribution is 2.41. The Morgan fingerprint density at radius 3 is 2.38 bits per heavy atom. The summed E-state index contributed by atoms with van der Waals surface area (Å²) in [6.45, 7) is 7.88. The van der Waals surface area contributed by atoms with E-state index in [0.29, 0.717) is 18.7 Å². The maximum atomic E-state index is 14.1. The molecule has 1 saturated heterocycles. The Morgan fingerprint density at radius 1 is 0.981 bits per heavy atom. The maximum Gasteiger partial charge on any atom is 0.258 e. The van der Waals surface area contributed by atoms with E-state index in [1.807, 2.05) is 107 Å². The summed E-state index contributed by atoms with van der Waals surface area (Å²) < 4.78 is 5.32. The molecule has 2 aliphatic rings. The lowest BCUT2D eigenvalue weighted by atomic mass is 9.96. The number of aliphatic hydroxyl groups excluding tert-OH is 2. The number of pyridine rings is 1. The van der Waals surface area contributed by atoms with Crippen molar-refractivity contribution in [1.29, 1.82) is 0 Å². The van der Waals surface area contributed by atoms with Gasteiger partial charge in [0.05, 0.1) is 24.1 Å². The Kier molecular flexibility index (Phi) is 11.7. The van der Waals surface area contributed by atoms with E-state index in [9.17, 15) is 24.6 Å². The zero-order chi connectivity index (χ0) is 37.7. The normalized spacial score (nSPS) is 19.9. The molecule has 3 amide bonds. The molecule has 1 aromatic heterocycles. The topological polar surface area (TPSA) is 153 Å². The highest BCUT2D eigenvalue weighted by Gasteiger charge is 2.50. The van der Waals surface area contributed by atoms with E-state index >= 15 is 0 Å². The highest BCUT2D eigenvalue weighted by molar-refractivity contribution is 8.00. The van der Waals surface area contributed by atoms with Crippen LogP contribution in [0.3, 0.4) is 0 Å². The number of amides is 3. The first kappa shape index (κ1) is 37.8. The van der Waals surface area contributed by atoms with Crippen LogP contribution in [-0.2, 0) is 33.8 Å². The maximum absolute atomic E-state index is 14.1. The third kappa shape index (κ3) is 8.84. The van der Waals surface area contributed by atoms with Gasteiger partial charge in [0, 0.05) is 35.8 Å². The number of ether oxygens (including phenoxy) is 1. The molecule has 0 spiro atoms. The molecule has 4 aromatic rings. The number of aromatic nitrogens is 1. The van der Waals surface area contributed by atoms with Gasteiger partial charge in [0.1, 0.15) is 11.8 Å². The first-order valence-electron chi connectivity index (χ1n) is 17.8. The van der Waals surface area contributed by atoms with Crippen LogP contribution < -0.4 is 20.7 Å². The van der Waals surface area contributed by atoms with Gasteiger partial charge in [-0.15, -0.1) is 11.8 Å². The molecule has 5 N–H and O–H groups in total. The summed E-state index contributed by atoms with van der Waals surface area (Å²) in [5.41, 5.74) is 6.33. The summed E-state index contributed by atoms with van der Waals surface area (Å²) in [6.07, 6.45) is 1.64. The zero-order valence-electron chi connectivity index (χ0n) is 30.4. The molecule has 278 valence electrons. The second-order valence-corrected chi connectivity index (χ2v) is 15.9. The van der Waals surface area contributed by atoms with Gasteiger partial charge in [-0.2, -0.15) is 0 Å². The van der Waals surface area contributed by atoms with Crippen LogP contribution in [0.25, 0.3) is 0 Å². The number of aryl methyl sites for hydroxylation is 2. The molecule has 53 heavy (non-hydrogen) atoms. The average Bonchev–Trinajstić information content (AvgIpc) is 3.64. The molecule has 3 aromatic carbocycles. The number of nitrogens with zero attached hydrogens (tertiary/aromatic N) is 2. The third-order valence-corrected chi connectivity index (χ3v) is 11.3. The fraction of sp³-hybridized carbons (Fsp3) is 0.366. The smallest absolute Gasteiger partial charge is 0.258 e. The van der Waals surface area contributed by atoms with Gasteiger partial charge in [-0.1, -0.05) is 54.6 Å². The van der Waals surface area contributed by atoms with E-state index in [2.05, 4.69) is 20.9 Å². The fourth-order valence-electron chi connectivity index (χ4n) is 7.22. The Hall–Kier alpha value is -4.91. The number of carbonyl (C=O) groups excluding carboxylic acids is 3. The number of hydrogen-bond donors (Lipinski definition) is 5. The quantitative estimate of drug-likeness (QED) is 0.136. The van der Waals surface area contributed by atoms with Crippen molar-refractivity contribution in [3.05, 3.63) is 125 Å². The van der Waals surface area contributed by atoms with Crippen LogP contribution in [0.4, 0.5) is 5.69 Å². The fourth-order valence-corrected chi connectivity index (χ4v) is 8.36. The van der Waals surface area contributed by atoms with Gasteiger partial charge >= 0.3 is 0 Å². The highest BCUT2D eigenvalue weighted by atomic mass is 32.2. The third-order valence-electron chi connectivity index (χ3n) is 9.91. The second-order valence-electron chi connectivity index (χ2n) is 14.3. The molecular formula is C41H47N5O6S. The predicted octanol–water partition coefficient (Wildman–Crippen LogP) is 4.23. The van der Waals surface area contributed by atoms with Gasteiger partial charge in [-0.3, -0.25) is 19.4 Å². The number of fused-ring (bicyclic) bond motifs is 1. The average molecular weight is 738 g/mol. The molecule has 6 rings (SSSR count). The molecule has 0 unspecified atom stereocenters. The van der Waals surface area contributed by atoms with Crippen LogP contribution in [0, 0.1) is 13.8 Å². The second kappa shape index (κ2) is 16.4. The minimum absolute atomic E-state index is 0.168. The lowest BCUT2D eigenvalue weighted by Gasteiger charge is -2.34. The summed E-state index contributed by atoms with van der Waals surface area (Å²) in [6, 6.07) is 22.1. The van der Waals surface area contributed by atoms with Crippen LogP contribution in [-0.4, -0.2) is 79.3 Å². The van der Waals surface area contributed by atoms with Crippen molar-refractivity contribution in [3.8, 4) is 5.75 Å². The van der Waals surface area contributed by atoms with E-state index in [4.69, 9.17) is 4.74 Å². The summed E-state index contributed by atoms with van der Waals surface area (Å²) in [4.78, 5) is 47.0. The van der Waals surface area contributed by atoms with E-state index < -0.39 is 52.8 Å². The number of thioether (sulfide) groups is 1. The zero-order valence-corrected chi connectivity index (χ0v) is 31.2. The predicted molar refractivity (Wildman–Crippen MR) is 205 cm³/mol. The van der Waals surface area contributed by atoms with Gasteiger partial charge in [0.25, 0.3) is 11.8 Å². The van der Waals surface area contributed by atoms with Crippen molar-refractivity contribution >= 4 is 35.2 Å². The summed E-state index contributed by atoms with van der Waals surface area (Å²) in [7, 11) is 0.